The normalized spacial score (nSPS) is 18.3. The fraction of sp³-hybridized carbons (Fsp3) is 0.125. The van der Waals surface area contributed by atoms with E-state index >= 15 is 0 Å². The van der Waals surface area contributed by atoms with Gasteiger partial charge in [-0.3, -0.25) is 4.79 Å². The molecule has 0 radical (unpaired) electrons. The van der Waals surface area contributed by atoms with Crippen molar-refractivity contribution in [2.24, 2.45) is 0 Å². The van der Waals surface area contributed by atoms with E-state index in [0.29, 0.717) is 28.4 Å². The number of aryl methyl sites for hydroxylation is 1. The summed E-state index contributed by atoms with van der Waals surface area (Å²) in [5.41, 5.74) is 2.68. The predicted molar refractivity (Wildman–Crippen MR) is 123 cm³/mol. The number of aromatic nitrogens is 1. The van der Waals surface area contributed by atoms with Crippen molar-refractivity contribution in [1.82, 2.24) is 4.98 Å². The van der Waals surface area contributed by atoms with Crippen molar-refractivity contribution in [3.05, 3.63) is 98.6 Å². The number of H-pyrrole nitrogens is 1. The molecule has 0 bridgehead atoms. The van der Waals surface area contributed by atoms with Gasteiger partial charge in [-0.2, -0.15) is 0 Å². The summed E-state index contributed by atoms with van der Waals surface area (Å²) < 4.78 is 0.804. The number of nitrogens with zero attached hydrogens (tertiary/aromatic N) is 1. The van der Waals surface area contributed by atoms with Gasteiger partial charge in [-0.15, -0.1) is 0 Å². The molecule has 3 aromatic carbocycles. The van der Waals surface area contributed by atoms with Crippen LogP contribution in [-0.2, 0) is 16.9 Å². The molecule has 2 N–H and O–H groups in total. The van der Waals surface area contributed by atoms with Crippen LogP contribution in [0.4, 0.5) is 5.69 Å². The van der Waals surface area contributed by atoms with Gasteiger partial charge in [0.15, 0.2) is 5.60 Å². The molecule has 0 fully saturated rings. The number of benzene rings is 3. The molecule has 0 unspecified atom stereocenters. The van der Waals surface area contributed by atoms with E-state index in [-0.39, 0.29) is 5.91 Å². The van der Waals surface area contributed by atoms with Crippen molar-refractivity contribution in [2.45, 2.75) is 19.1 Å². The third kappa shape index (κ3) is 2.81. The fourth-order valence-electron chi connectivity index (χ4n) is 4.37. The Kier molecular flexibility index (Phi) is 4.51. The summed E-state index contributed by atoms with van der Waals surface area (Å²) in [6.45, 7) is 2.23. The summed E-state index contributed by atoms with van der Waals surface area (Å²) in [7, 11) is 0. The van der Waals surface area contributed by atoms with E-state index in [0.717, 1.165) is 26.6 Å². The minimum Gasteiger partial charge on any atom is -0.372 e. The lowest BCUT2D eigenvalue weighted by Crippen LogP contribution is -2.41. The summed E-state index contributed by atoms with van der Waals surface area (Å²) in [5.74, 6) is -0.363. The molecule has 0 aliphatic carbocycles. The second-order valence-corrected chi connectivity index (χ2v) is 8.91. The van der Waals surface area contributed by atoms with Gasteiger partial charge in [0.25, 0.3) is 5.91 Å². The monoisotopic (exact) mass is 480 g/mol. The summed E-state index contributed by atoms with van der Waals surface area (Å²) in [6.07, 6.45) is 0. The molecule has 6 heteroatoms. The highest BCUT2D eigenvalue weighted by atomic mass is 79.9. The number of carbonyl (C=O) groups excluding carboxylic acids is 1. The predicted octanol–water partition coefficient (Wildman–Crippen LogP) is 5.67. The lowest BCUT2D eigenvalue weighted by Gasteiger charge is -2.24. The van der Waals surface area contributed by atoms with Crippen LogP contribution in [0.2, 0.25) is 5.02 Å². The highest BCUT2D eigenvalue weighted by Crippen LogP contribution is 2.48. The van der Waals surface area contributed by atoms with Gasteiger partial charge < -0.3 is 15.0 Å². The van der Waals surface area contributed by atoms with Crippen LogP contribution in [0.3, 0.4) is 0 Å². The quantitative estimate of drug-likeness (QED) is 0.396. The summed E-state index contributed by atoms with van der Waals surface area (Å²) >= 11 is 9.51. The standard InChI is InChI=1S/C24H18BrClN2O2/c1-14-22(18-4-2-3-5-20(18)27-14)24(30)19-12-16(25)8-11-21(19)28(23(24)29)13-15-6-9-17(26)10-7-15/h2-12,27,30H,13H2,1H3/t24-/m1/s1. The van der Waals surface area contributed by atoms with E-state index in [1.54, 1.807) is 17.0 Å². The number of aliphatic hydroxyl groups is 1. The molecule has 1 aliphatic heterocycles. The summed E-state index contributed by atoms with van der Waals surface area (Å²) in [5, 5.41) is 13.5. The van der Waals surface area contributed by atoms with Gasteiger partial charge in [-0.05, 0) is 48.9 Å². The number of fused-ring (bicyclic) bond motifs is 2. The molecule has 1 atom stereocenters. The van der Waals surface area contributed by atoms with Gasteiger partial charge in [-0.1, -0.05) is 57.9 Å². The van der Waals surface area contributed by atoms with E-state index in [2.05, 4.69) is 20.9 Å². The second kappa shape index (κ2) is 6.98. The van der Waals surface area contributed by atoms with Crippen molar-refractivity contribution in [3.63, 3.8) is 0 Å². The van der Waals surface area contributed by atoms with Crippen LogP contribution >= 0.6 is 27.5 Å². The van der Waals surface area contributed by atoms with E-state index in [4.69, 9.17) is 11.6 Å². The molecule has 0 saturated carbocycles. The SMILES string of the molecule is Cc1[nH]c2ccccc2c1[C@@]1(O)C(=O)N(Cc2ccc(Cl)cc2)c2ccc(Br)cc21. The third-order valence-electron chi connectivity index (χ3n) is 5.70. The first-order valence-corrected chi connectivity index (χ1v) is 10.7. The Hall–Kier alpha value is -2.60. The fourth-order valence-corrected chi connectivity index (χ4v) is 4.85. The Morgan fingerprint density at radius 2 is 1.83 bits per heavy atom. The lowest BCUT2D eigenvalue weighted by molar-refractivity contribution is -0.132. The molecule has 1 aliphatic rings. The average Bonchev–Trinajstić information content (AvgIpc) is 3.17. The van der Waals surface area contributed by atoms with Crippen molar-refractivity contribution >= 4 is 50.0 Å². The number of para-hydroxylation sites is 1. The van der Waals surface area contributed by atoms with Crippen molar-refractivity contribution in [2.75, 3.05) is 4.90 Å². The number of hydrogen-bond donors (Lipinski definition) is 2. The van der Waals surface area contributed by atoms with Gasteiger partial charge in [0.1, 0.15) is 0 Å². The Bertz CT molecular complexity index is 1300. The lowest BCUT2D eigenvalue weighted by atomic mass is 9.85. The topological polar surface area (TPSA) is 56.3 Å². The molecule has 30 heavy (non-hydrogen) atoms. The minimum absolute atomic E-state index is 0.342. The number of rotatable bonds is 3. The van der Waals surface area contributed by atoms with Crippen molar-refractivity contribution in [3.8, 4) is 0 Å². The Balaban J connectivity index is 1.71. The van der Waals surface area contributed by atoms with Crippen LogP contribution in [0.15, 0.2) is 71.2 Å². The Morgan fingerprint density at radius 3 is 2.60 bits per heavy atom. The van der Waals surface area contributed by atoms with E-state index in [1.165, 1.54) is 0 Å². The van der Waals surface area contributed by atoms with Gasteiger partial charge in [0.2, 0.25) is 0 Å². The second-order valence-electron chi connectivity index (χ2n) is 7.56. The summed E-state index contributed by atoms with van der Waals surface area (Å²) in [4.78, 5) is 18.7. The van der Waals surface area contributed by atoms with Crippen molar-refractivity contribution in [1.29, 1.82) is 0 Å². The first-order chi connectivity index (χ1) is 14.4. The molecular formula is C24H18BrClN2O2. The largest absolute Gasteiger partial charge is 0.372 e. The molecule has 4 aromatic rings. The van der Waals surface area contributed by atoms with Crippen LogP contribution in [0.5, 0.6) is 0 Å². The first-order valence-electron chi connectivity index (χ1n) is 9.56. The van der Waals surface area contributed by atoms with Crippen LogP contribution < -0.4 is 4.90 Å². The zero-order valence-electron chi connectivity index (χ0n) is 16.1. The molecule has 1 aromatic heterocycles. The van der Waals surface area contributed by atoms with Gasteiger partial charge in [-0.25, -0.2) is 0 Å². The molecule has 0 spiro atoms. The number of nitrogens with one attached hydrogen (secondary N) is 1. The van der Waals surface area contributed by atoms with Crippen LogP contribution in [-0.4, -0.2) is 16.0 Å². The zero-order valence-corrected chi connectivity index (χ0v) is 18.5. The number of hydrogen-bond acceptors (Lipinski definition) is 2. The number of anilines is 1. The van der Waals surface area contributed by atoms with Gasteiger partial charge in [0.05, 0.1) is 12.2 Å². The van der Waals surface area contributed by atoms with Crippen LogP contribution in [0.1, 0.15) is 22.4 Å². The van der Waals surface area contributed by atoms with Crippen LogP contribution in [0.25, 0.3) is 10.9 Å². The summed E-state index contributed by atoms with van der Waals surface area (Å²) in [6, 6.07) is 20.7. The van der Waals surface area contributed by atoms with E-state index in [1.807, 2.05) is 61.5 Å². The smallest absolute Gasteiger partial charge is 0.268 e. The zero-order chi connectivity index (χ0) is 21.0. The highest BCUT2D eigenvalue weighted by molar-refractivity contribution is 9.10. The molecule has 1 amide bonds. The maximum Gasteiger partial charge on any atom is 0.268 e. The van der Waals surface area contributed by atoms with Gasteiger partial charge >= 0.3 is 0 Å². The number of amides is 1. The van der Waals surface area contributed by atoms with Crippen LogP contribution in [0, 0.1) is 6.92 Å². The molecule has 4 nitrogen and oxygen atoms in total. The minimum atomic E-state index is -1.78. The maximum absolute atomic E-state index is 13.8. The Labute approximate surface area is 187 Å². The molecule has 150 valence electrons. The first kappa shape index (κ1) is 19.4. The number of carbonyl (C=O) groups is 1. The Morgan fingerprint density at radius 1 is 1.10 bits per heavy atom. The molecular weight excluding hydrogens is 464 g/mol. The number of aromatic amines is 1. The van der Waals surface area contributed by atoms with E-state index in [9.17, 15) is 9.90 Å². The molecule has 0 saturated heterocycles. The molecule has 5 rings (SSSR count). The van der Waals surface area contributed by atoms with Gasteiger partial charge in [0, 0.05) is 37.2 Å². The average molecular weight is 482 g/mol. The van der Waals surface area contributed by atoms with E-state index < -0.39 is 5.60 Å². The number of halogens is 2. The molecule has 2 heterocycles. The highest BCUT2D eigenvalue weighted by Gasteiger charge is 2.53. The third-order valence-corrected chi connectivity index (χ3v) is 6.45. The maximum atomic E-state index is 13.8. The van der Waals surface area contributed by atoms with Crippen molar-refractivity contribution < 1.29 is 9.90 Å².